The van der Waals surface area contributed by atoms with Gasteiger partial charge in [-0.15, -0.1) is 0 Å². The zero-order valence-electron chi connectivity index (χ0n) is 25.7. The number of thioether (sulfide) groups is 1. The maximum Gasteiger partial charge on any atom is 0.335 e. The highest BCUT2D eigenvalue weighted by Crippen LogP contribution is 2.36. The number of hydrogen-bond acceptors (Lipinski definition) is 8. The summed E-state index contributed by atoms with van der Waals surface area (Å²) in [4.78, 5) is 65.8. The van der Waals surface area contributed by atoms with Crippen molar-refractivity contribution in [2.75, 3.05) is 44.6 Å². The summed E-state index contributed by atoms with van der Waals surface area (Å²) in [7, 11) is 0. The van der Waals surface area contributed by atoms with E-state index in [1.54, 1.807) is 23.1 Å². The van der Waals surface area contributed by atoms with Crippen LogP contribution in [0.1, 0.15) is 22.3 Å². The number of hydrogen-bond donors (Lipinski definition) is 3. The van der Waals surface area contributed by atoms with Gasteiger partial charge in [-0.25, -0.2) is 18.4 Å². The number of rotatable bonds is 10. The quantitative estimate of drug-likeness (QED) is 0.207. The fourth-order valence-corrected chi connectivity index (χ4v) is 6.32. The van der Waals surface area contributed by atoms with Crippen LogP contribution in [0.15, 0.2) is 65.6 Å². The second kappa shape index (κ2) is 15.3. The Labute approximate surface area is 288 Å². The minimum Gasteiger partial charge on any atom is -0.483 e. The number of carboxylic acid groups (broad SMARTS) is 1. The molecule has 4 N–H and O–H groups in total. The van der Waals surface area contributed by atoms with E-state index in [-0.39, 0.29) is 59.1 Å². The molecule has 0 saturated carbocycles. The topological polar surface area (TPSA) is 163 Å². The first kappa shape index (κ1) is 35.0. The molecule has 0 radical (unpaired) electrons. The number of thiocarbonyl (C=S) groups is 1. The Morgan fingerprint density at radius 2 is 1.59 bits per heavy atom. The molecule has 0 aliphatic carbocycles. The first-order valence-corrected chi connectivity index (χ1v) is 16.0. The Bertz CT molecular complexity index is 1860. The zero-order valence-corrected chi connectivity index (χ0v) is 27.3. The molecule has 3 aromatic rings. The number of nitrogens with two attached hydrogens (primary N) is 1. The minimum atomic E-state index is -1.10. The van der Waals surface area contributed by atoms with Crippen LogP contribution in [0.25, 0.3) is 17.2 Å². The van der Waals surface area contributed by atoms with Gasteiger partial charge in [0, 0.05) is 50.4 Å². The van der Waals surface area contributed by atoms with Crippen molar-refractivity contribution in [3.8, 4) is 16.9 Å². The number of nitrogens with zero attached hydrogens (tertiary/aromatic N) is 3. The van der Waals surface area contributed by atoms with E-state index in [1.165, 1.54) is 46.2 Å². The lowest BCUT2D eigenvalue weighted by atomic mass is 10.0. The molecule has 0 spiro atoms. The number of ether oxygens (including phenoxy) is 1. The molecular formula is C33H29F2N5O7S2. The number of urea groups is 1. The van der Waals surface area contributed by atoms with Crippen LogP contribution >= 0.6 is 24.0 Å². The lowest BCUT2D eigenvalue weighted by Gasteiger charge is -2.33. The van der Waals surface area contributed by atoms with E-state index in [9.17, 15) is 32.8 Å². The van der Waals surface area contributed by atoms with Gasteiger partial charge in [-0.05, 0) is 65.7 Å². The van der Waals surface area contributed by atoms with Crippen LogP contribution in [0.3, 0.4) is 0 Å². The van der Waals surface area contributed by atoms with Crippen LogP contribution < -0.4 is 15.8 Å². The Hall–Kier alpha value is -5.35. The van der Waals surface area contributed by atoms with E-state index in [1.807, 2.05) is 0 Å². The first-order valence-electron chi connectivity index (χ1n) is 14.8. The van der Waals surface area contributed by atoms with Gasteiger partial charge in [-0.1, -0.05) is 36.1 Å². The third kappa shape index (κ3) is 8.58. The van der Waals surface area contributed by atoms with Gasteiger partial charge >= 0.3 is 12.0 Å². The predicted molar refractivity (Wildman–Crippen MR) is 182 cm³/mol. The zero-order chi connectivity index (χ0) is 35.2. The average molecular weight is 710 g/mol. The van der Waals surface area contributed by atoms with Crippen molar-refractivity contribution < 1.29 is 42.6 Å². The minimum absolute atomic E-state index is 0.0309. The summed E-state index contributed by atoms with van der Waals surface area (Å²) in [6.07, 6.45) is 1.41. The molecule has 2 fully saturated rings. The molecule has 2 aliphatic heterocycles. The number of nitrogens with one attached hydrogen (secondary N) is 1. The highest BCUT2D eigenvalue weighted by molar-refractivity contribution is 8.26. The number of benzene rings is 3. The molecule has 3 aromatic carbocycles. The summed E-state index contributed by atoms with van der Waals surface area (Å²) in [6.45, 7) is 0.764. The van der Waals surface area contributed by atoms with Crippen LogP contribution in [0.5, 0.6) is 5.75 Å². The third-order valence-corrected chi connectivity index (χ3v) is 9.07. The number of halogens is 2. The summed E-state index contributed by atoms with van der Waals surface area (Å²) < 4.78 is 33.8. The Morgan fingerprint density at radius 1 is 0.939 bits per heavy atom. The summed E-state index contributed by atoms with van der Waals surface area (Å²) in [5.41, 5.74) is 6.98. The number of amides is 5. The molecule has 16 heteroatoms. The Kier molecular flexibility index (Phi) is 10.9. The number of piperazine rings is 1. The number of aromatic carboxylic acids is 1. The molecule has 2 heterocycles. The van der Waals surface area contributed by atoms with Gasteiger partial charge in [0.2, 0.25) is 5.91 Å². The maximum atomic E-state index is 14.1. The van der Waals surface area contributed by atoms with Crippen LogP contribution in [0.4, 0.5) is 19.3 Å². The van der Waals surface area contributed by atoms with Gasteiger partial charge in [-0.3, -0.25) is 19.3 Å². The molecule has 49 heavy (non-hydrogen) atoms. The van der Waals surface area contributed by atoms with Gasteiger partial charge in [0.15, 0.2) is 18.2 Å². The van der Waals surface area contributed by atoms with Gasteiger partial charge < -0.3 is 30.7 Å². The summed E-state index contributed by atoms with van der Waals surface area (Å²) in [5, 5.41) is 11.7. The van der Waals surface area contributed by atoms with E-state index >= 15 is 0 Å². The number of anilines is 1. The molecule has 0 unspecified atom stereocenters. The molecule has 2 saturated heterocycles. The Morgan fingerprint density at radius 3 is 2.24 bits per heavy atom. The lowest BCUT2D eigenvalue weighted by Crippen LogP contribution is -2.52. The molecule has 5 amide bonds. The van der Waals surface area contributed by atoms with E-state index in [4.69, 9.17) is 27.8 Å². The van der Waals surface area contributed by atoms with Gasteiger partial charge in [0.1, 0.15) is 10.1 Å². The molecule has 0 atom stereocenters. The molecule has 254 valence electrons. The van der Waals surface area contributed by atoms with E-state index in [2.05, 4.69) is 5.32 Å². The van der Waals surface area contributed by atoms with Gasteiger partial charge in [0.25, 0.3) is 11.8 Å². The monoisotopic (exact) mass is 709 g/mol. The van der Waals surface area contributed by atoms with E-state index in [0.29, 0.717) is 35.5 Å². The van der Waals surface area contributed by atoms with Crippen LogP contribution in [-0.4, -0.2) is 93.2 Å². The smallest absolute Gasteiger partial charge is 0.335 e. The largest absolute Gasteiger partial charge is 0.483 e. The normalized spacial score (nSPS) is 15.5. The van der Waals surface area contributed by atoms with Crippen LogP contribution in [0, 0.1) is 11.6 Å². The van der Waals surface area contributed by atoms with Crippen molar-refractivity contribution in [1.29, 1.82) is 0 Å². The second-order valence-electron chi connectivity index (χ2n) is 10.9. The number of carbonyl (C=O) groups excluding carboxylic acids is 4. The molecule has 0 bridgehead atoms. The van der Waals surface area contributed by atoms with Crippen molar-refractivity contribution in [1.82, 2.24) is 14.7 Å². The Balaban J connectivity index is 1.31. The average Bonchev–Trinajstić information content (AvgIpc) is 3.35. The number of carbonyl (C=O) groups is 5. The molecule has 5 rings (SSSR count). The third-order valence-electron chi connectivity index (χ3n) is 7.70. The predicted octanol–water partition coefficient (Wildman–Crippen LogP) is 4.16. The fourth-order valence-electron chi connectivity index (χ4n) is 5.02. The fraction of sp³-hybridized carbons (Fsp3) is 0.212. The van der Waals surface area contributed by atoms with Gasteiger partial charge in [0.05, 0.1) is 10.5 Å². The lowest BCUT2D eigenvalue weighted by molar-refractivity contribution is -0.134. The number of primary amides is 1. The van der Waals surface area contributed by atoms with Gasteiger partial charge in [-0.2, -0.15) is 0 Å². The van der Waals surface area contributed by atoms with E-state index < -0.39 is 35.4 Å². The van der Waals surface area contributed by atoms with Crippen molar-refractivity contribution in [3.05, 3.63) is 88.3 Å². The highest BCUT2D eigenvalue weighted by Gasteiger charge is 2.32. The summed E-state index contributed by atoms with van der Waals surface area (Å²) >= 11 is 6.42. The van der Waals surface area contributed by atoms with Crippen molar-refractivity contribution in [2.45, 2.75) is 6.42 Å². The van der Waals surface area contributed by atoms with Crippen LogP contribution in [0.2, 0.25) is 0 Å². The second-order valence-corrected chi connectivity index (χ2v) is 12.6. The SMILES string of the molecule is NC(=O)N1CCN(C(=O)COc2ccc(-c3ccc(F)c(F)c3)cc2/C=C2\SC(=S)N(CCC(=O)Nc3ccc(C(=O)O)cc3)C2=O)CC1. The molecular weight excluding hydrogens is 681 g/mol. The standard InChI is InChI=1S/C33H29F2N5O7S2/c34-24-7-3-21(16-25(24)35)20-4-8-26(47-18-29(42)38-11-13-39(14-12-38)32(36)46)22(15-20)17-27-30(43)40(33(48)49-27)10-9-28(41)37-23-5-1-19(2-6-23)31(44)45/h1-8,15-17H,9-14,18H2,(H2,36,46)(H,37,41)(H,44,45)/b27-17-. The van der Waals surface area contributed by atoms with Crippen LogP contribution in [-0.2, 0) is 14.4 Å². The molecule has 0 aromatic heterocycles. The molecule has 2 aliphatic rings. The van der Waals surface area contributed by atoms with E-state index in [0.717, 1.165) is 23.9 Å². The molecule has 12 nitrogen and oxygen atoms in total. The summed E-state index contributed by atoms with van der Waals surface area (Å²) in [6, 6.07) is 13.2. The number of carboxylic acids is 1. The first-order chi connectivity index (χ1) is 23.4. The maximum absolute atomic E-state index is 14.1. The van der Waals surface area contributed by atoms with Crippen molar-refractivity contribution in [3.63, 3.8) is 0 Å². The highest BCUT2D eigenvalue weighted by atomic mass is 32.2. The summed E-state index contributed by atoms with van der Waals surface area (Å²) in [5.74, 6) is -4.13. The van der Waals surface area contributed by atoms with Crippen molar-refractivity contribution in [2.24, 2.45) is 5.73 Å². The van der Waals surface area contributed by atoms with Crippen molar-refractivity contribution >= 4 is 69.8 Å².